The SMILES string of the molecule is c1cc(Cc2cc(-c3ccncc3)c3occc3c2)ccn1. The van der Waals surface area contributed by atoms with Crippen molar-refractivity contribution in [2.45, 2.75) is 6.42 Å². The summed E-state index contributed by atoms with van der Waals surface area (Å²) in [7, 11) is 0. The van der Waals surface area contributed by atoms with E-state index in [0.717, 1.165) is 28.5 Å². The minimum atomic E-state index is 0.877. The molecule has 4 rings (SSSR count). The third kappa shape index (κ3) is 2.37. The lowest BCUT2D eigenvalue weighted by Gasteiger charge is -2.07. The minimum absolute atomic E-state index is 0.877. The largest absolute Gasteiger partial charge is 0.464 e. The van der Waals surface area contributed by atoms with Gasteiger partial charge in [-0.1, -0.05) is 0 Å². The van der Waals surface area contributed by atoms with E-state index < -0.39 is 0 Å². The second kappa shape index (κ2) is 5.45. The molecule has 4 aromatic rings. The molecule has 1 aromatic carbocycles. The van der Waals surface area contributed by atoms with Gasteiger partial charge in [-0.2, -0.15) is 0 Å². The van der Waals surface area contributed by atoms with Gasteiger partial charge in [-0.05, 0) is 65.6 Å². The number of benzene rings is 1. The van der Waals surface area contributed by atoms with Crippen molar-refractivity contribution in [3.8, 4) is 11.1 Å². The summed E-state index contributed by atoms with van der Waals surface area (Å²) in [5.74, 6) is 0. The molecule has 0 saturated carbocycles. The van der Waals surface area contributed by atoms with Crippen molar-refractivity contribution in [2.24, 2.45) is 0 Å². The maximum absolute atomic E-state index is 5.68. The van der Waals surface area contributed by atoms with Gasteiger partial charge >= 0.3 is 0 Å². The molecule has 0 unspecified atom stereocenters. The maximum Gasteiger partial charge on any atom is 0.141 e. The zero-order valence-corrected chi connectivity index (χ0v) is 11.9. The summed E-state index contributed by atoms with van der Waals surface area (Å²) in [6.07, 6.45) is 9.89. The number of nitrogens with zero attached hydrogens (tertiary/aromatic N) is 2. The first-order valence-corrected chi connectivity index (χ1v) is 7.19. The number of pyridine rings is 2. The van der Waals surface area contributed by atoms with Gasteiger partial charge in [0.05, 0.1) is 6.26 Å². The number of fused-ring (bicyclic) bond motifs is 1. The lowest BCUT2D eigenvalue weighted by Crippen LogP contribution is -1.90. The summed E-state index contributed by atoms with van der Waals surface area (Å²) in [4.78, 5) is 8.16. The monoisotopic (exact) mass is 286 g/mol. The van der Waals surface area contributed by atoms with Gasteiger partial charge in [0.2, 0.25) is 0 Å². The van der Waals surface area contributed by atoms with Gasteiger partial charge in [0.25, 0.3) is 0 Å². The maximum atomic E-state index is 5.68. The van der Waals surface area contributed by atoms with E-state index in [0.29, 0.717) is 0 Å². The Kier molecular flexibility index (Phi) is 3.16. The number of furan rings is 1. The molecule has 22 heavy (non-hydrogen) atoms. The summed E-state index contributed by atoms with van der Waals surface area (Å²) in [5, 5.41) is 1.12. The molecule has 0 saturated heterocycles. The summed E-state index contributed by atoms with van der Waals surface area (Å²) in [5.41, 5.74) is 5.65. The van der Waals surface area contributed by atoms with Crippen molar-refractivity contribution < 1.29 is 4.42 Å². The third-order valence-corrected chi connectivity index (χ3v) is 3.76. The normalized spacial score (nSPS) is 10.9. The minimum Gasteiger partial charge on any atom is -0.464 e. The topological polar surface area (TPSA) is 38.9 Å². The Morgan fingerprint density at radius 1 is 0.773 bits per heavy atom. The summed E-state index contributed by atoms with van der Waals surface area (Å²) in [6.45, 7) is 0. The van der Waals surface area contributed by atoms with E-state index in [1.807, 2.05) is 42.7 Å². The van der Waals surface area contributed by atoms with Gasteiger partial charge in [0.1, 0.15) is 5.58 Å². The average Bonchev–Trinajstić information content (AvgIpc) is 3.04. The highest BCUT2D eigenvalue weighted by Crippen LogP contribution is 2.31. The Balaban J connectivity index is 1.84. The molecule has 0 fully saturated rings. The van der Waals surface area contributed by atoms with Crippen LogP contribution in [0.1, 0.15) is 11.1 Å². The van der Waals surface area contributed by atoms with E-state index in [1.54, 1.807) is 18.7 Å². The second-order valence-corrected chi connectivity index (χ2v) is 5.25. The molecule has 0 aliphatic heterocycles. The van der Waals surface area contributed by atoms with E-state index >= 15 is 0 Å². The Bertz CT molecular complexity index is 899. The van der Waals surface area contributed by atoms with Crippen molar-refractivity contribution in [3.05, 3.63) is 84.6 Å². The van der Waals surface area contributed by atoms with Gasteiger partial charge < -0.3 is 4.42 Å². The highest BCUT2D eigenvalue weighted by Gasteiger charge is 2.09. The molecular formula is C19H14N2O. The van der Waals surface area contributed by atoms with Gasteiger partial charge in [-0.3, -0.25) is 9.97 Å². The molecule has 0 spiro atoms. The lowest BCUT2D eigenvalue weighted by molar-refractivity contribution is 0.617. The standard InChI is InChI=1S/C19H14N2O/c1-6-20-7-2-14(1)11-15-12-17-5-10-22-19(17)18(13-15)16-3-8-21-9-4-16/h1-10,12-13H,11H2. The van der Waals surface area contributed by atoms with Crippen LogP contribution in [0.5, 0.6) is 0 Å². The van der Waals surface area contributed by atoms with Crippen molar-refractivity contribution in [3.63, 3.8) is 0 Å². The Morgan fingerprint density at radius 2 is 1.50 bits per heavy atom. The van der Waals surface area contributed by atoms with Crippen LogP contribution < -0.4 is 0 Å². The molecule has 106 valence electrons. The van der Waals surface area contributed by atoms with E-state index in [9.17, 15) is 0 Å². The van der Waals surface area contributed by atoms with E-state index in [2.05, 4.69) is 22.1 Å². The Labute approximate surface area is 128 Å². The molecular weight excluding hydrogens is 272 g/mol. The molecule has 0 N–H and O–H groups in total. The van der Waals surface area contributed by atoms with Crippen molar-refractivity contribution in [2.75, 3.05) is 0 Å². The number of hydrogen-bond acceptors (Lipinski definition) is 3. The fourth-order valence-corrected chi connectivity index (χ4v) is 2.73. The predicted molar refractivity (Wildman–Crippen MR) is 86.5 cm³/mol. The zero-order chi connectivity index (χ0) is 14.8. The lowest BCUT2D eigenvalue weighted by atomic mass is 9.98. The first kappa shape index (κ1) is 12.8. The van der Waals surface area contributed by atoms with Crippen LogP contribution in [0.25, 0.3) is 22.1 Å². The summed E-state index contributed by atoms with van der Waals surface area (Å²) in [6, 6.07) is 14.5. The second-order valence-electron chi connectivity index (χ2n) is 5.25. The average molecular weight is 286 g/mol. The number of aromatic nitrogens is 2. The predicted octanol–water partition coefficient (Wildman–Crippen LogP) is 4.48. The van der Waals surface area contributed by atoms with Crippen LogP contribution in [0.3, 0.4) is 0 Å². The molecule has 0 atom stereocenters. The van der Waals surface area contributed by atoms with Crippen molar-refractivity contribution in [1.29, 1.82) is 0 Å². The van der Waals surface area contributed by atoms with Gasteiger partial charge in [-0.15, -0.1) is 0 Å². The van der Waals surface area contributed by atoms with Crippen molar-refractivity contribution >= 4 is 11.0 Å². The Morgan fingerprint density at radius 3 is 2.27 bits per heavy atom. The Hall–Kier alpha value is -2.94. The van der Waals surface area contributed by atoms with Crippen LogP contribution in [-0.4, -0.2) is 9.97 Å². The molecule has 3 nitrogen and oxygen atoms in total. The van der Waals surface area contributed by atoms with Crippen LogP contribution in [-0.2, 0) is 6.42 Å². The van der Waals surface area contributed by atoms with Crippen LogP contribution in [0.4, 0.5) is 0 Å². The molecule has 0 aliphatic rings. The zero-order valence-electron chi connectivity index (χ0n) is 11.9. The third-order valence-electron chi connectivity index (χ3n) is 3.76. The van der Waals surface area contributed by atoms with E-state index in [4.69, 9.17) is 4.42 Å². The highest BCUT2D eigenvalue weighted by molar-refractivity contribution is 5.93. The first-order valence-electron chi connectivity index (χ1n) is 7.19. The van der Waals surface area contributed by atoms with Crippen LogP contribution in [0, 0.1) is 0 Å². The van der Waals surface area contributed by atoms with Crippen molar-refractivity contribution in [1.82, 2.24) is 9.97 Å². The molecule has 3 aromatic heterocycles. The molecule has 0 radical (unpaired) electrons. The van der Waals surface area contributed by atoms with Gasteiger partial charge in [0, 0.05) is 35.7 Å². The van der Waals surface area contributed by atoms with E-state index in [1.165, 1.54) is 11.1 Å². The molecule has 0 amide bonds. The van der Waals surface area contributed by atoms with Crippen LogP contribution in [0.2, 0.25) is 0 Å². The summed E-state index contributed by atoms with van der Waals surface area (Å²) < 4.78 is 5.68. The number of rotatable bonds is 3. The van der Waals surface area contributed by atoms with Crippen LogP contribution >= 0.6 is 0 Å². The fourth-order valence-electron chi connectivity index (χ4n) is 2.73. The summed E-state index contributed by atoms with van der Waals surface area (Å²) >= 11 is 0. The van der Waals surface area contributed by atoms with Gasteiger partial charge in [-0.25, -0.2) is 0 Å². The quantitative estimate of drug-likeness (QED) is 0.557. The highest BCUT2D eigenvalue weighted by atomic mass is 16.3. The molecule has 0 aliphatic carbocycles. The fraction of sp³-hybridized carbons (Fsp3) is 0.0526. The molecule has 0 bridgehead atoms. The van der Waals surface area contributed by atoms with Crippen LogP contribution in [0.15, 0.2) is 77.9 Å². The molecule has 3 heterocycles. The first-order chi connectivity index (χ1) is 10.9. The number of hydrogen-bond donors (Lipinski definition) is 0. The molecule has 3 heteroatoms. The van der Waals surface area contributed by atoms with Gasteiger partial charge in [0.15, 0.2) is 0 Å². The smallest absolute Gasteiger partial charge is 0.141 e. The van der Waals surface area contributed by atoms with E-state index in [-0.39, 0.29) is 0 Å².